The molecule has 0 bridgehead atoms. The number of amides is 2. The number of hydrogen-bond acceptors (Lipinski definition) is 6. The molecule has 0 unspecified atom stereocenters. The number of nitrogens with zero attached hydrogens (tertiary/aromatic N) is 1. The molecule has 0 radical (unpaired) electrons. The zero-order valence-corrected chi connectivity index (χ0v) is 10.2. The van der Waals surface area contributed by atoms with Crippen molar-refractivity contribution in [2.24, 2.45) is 0 Å². The van der Waals surface area contributed by atoms with Crippen LogP contribution in [0.2, 0.25) is 0 Å². The first-order chi connectivity index (χ1) is 7.83. The molecule has 1 heterocycles. The van der Waals surface area contributed by atoms with Crippen molar-refractivity contribution in [2.45, 2.75) is 24.6 Å². The SMILES string of the molecule is CC1(C)SC(=O)N[C@@H]1C(=O)NCCO[N+](=O)[O-]. The molecule has 8 nitrogen and oxygen atoms in total. The second-order valence-corrected chi connectivity index (χ2v) is 5.55. The fourth-order valence-corrected chi connectivity index (χ4v) is 2.34. The van der Waals surface area contributed by atoms with E-state index in [0.717, 1.165) is 11.8 Å². The van der Waals surface area contributed by atoms with Gasteiger partial charge in [-0.3, -0.25) is 9.59 Å². The standard InChI is InChI=1S/C8H13N3O5S/c1-8(2)5(10-7(13)17-8)6(12)9-3-4-16-11(14)15/h5H,3-4H2,1-2H3,(H,9,12)(H,10,13)/t5-/m1/s1. The molecule has 0 aromatic rings. The highest BCUT2D eigenvalue weighted by atomic mass is 32.2. The Morgan fingerprint density at radius 2 is 2.35 bits per heavy atom. The number of rotatable bonds is 5. The van der Waals surface area contributed by atoms with Gasteiger partial charge in [-0.1, -0.05) is 11.8 Å². The Bertz CT molecular complexity index is 346. The summed E-state index contributed by atoms with van der Waals surface area (Å²) in [5.74, 6) is -0.375. The van der Waals surface area contributed by atoms with Crippen molar-refractivity contribution in [2.75, 3.05) is 13.2 Å². The highest BCUT2D eigenvalue weighted by Crippen LogP contribution is 2.34. The van der Waals surface area contributed by atoms with Crippen LogP contribution in [0, 0.1) is 10.1 Å². The average Bonchev–Trinajstić information content (AvgIpc) is 2.46. The fourth-order valence-electron chi connectivity index (χ4n) is 1.40. The highest BCUT2D eigenvalue weighted by Gasteiger charge is 2.44. The van der Waals surface area contributed by atoms with Gasteiger partial charge in [-0.15, -0.1) is 10.1 Å². The van der Waals surface area contributed by atoms with Crippen LogP contribution >= 0.6 is 11.8 Å². The molecule has 0 aliphatic carbocycles. The molecule has 1 aliphatic heterocycles. The normalized spacial score (nSPS) is 21.8. The molecule has 9 heteroatoms. The van der Waals surface area contributed by atoms with Crippen LogP contribution in [-0.2, 0) is 9.63 Å². The van der Waals surface area contributed by atoms with Crippen molar-refractivity contribution in [1.29, 1.82) is 0 Å². The van der Waals surface area contributed by atoms with Crippen LogP contribution in [0.5, 0.6) is 0 Å². The van der Waals surface area contributed by atoms with Crippen LogP contribution in [-0.4, -0.2) is 40.2 Å². The summed E-state index contributed by atoms with van der Waals surface area (Å²) in [4.78, 5) is 36.7. The third-order valence-electron chi connectivity index (χ3n) is 2.17. The van der Waals surface area contributed by atoms with Gasteiger partial charge in [-0.25, -0.2) is 0 Å². The number of hydrogen-bond donors (Lipinski definition) is 2. The molecule has 96 valence electrons. The summed E-state index contributed by atoms with van der Waals surface area (Å²) in [6, 6.07) is -0.643. The van der Waals surface area contributed by atoms with Gasteiger partial charge in [-0.05, 0) is 13.8 Å². The quantitative estimate of drug-likeness (QED) is 0.407. The minimum absolute atomic E-state index is 0.0208. The molecular weight excluding hydrogens is 250 g/mol. The molecule has 1 fully saturated rings. The largest absolute Gasteiger partial charge is 0.352 e. The number of thioether (sulfide) groups is 1. The maximum atomic E-state index is 11.7. The van der Waals surface area contributed by atoms with E-state index < -0.39 is 15.9 Å². The zero-order chi connectivity index (χ0) is 13.1. The number of carbonyl (C=O) groups is 2. The average molecular weight is 263 g/mol. The van der Waals surface area contributed by atoms with Gasteiger partial charge < -0.3 is 15.5 Å². The zero-order valence-electron chi connectivity index (χ0n) is 9.39. The van der Waals surface area contributed by atoms with E-state index >= 15 is 0 Å². The molecule has 0 saturated carbocycles. The first-order valence-corrected chi connectivity index (χ1v) is 5.69. The summed E-state index contributed by atoms with van der Waals surface area (Å²) in [5.41, 5.74) is 0. The maximum Gasteiger partial charge on any atom is 0.294 e. The van der Waals surface area contributed by atoms with Crippen molar-refractivity contribution in [1.82, 2.24) is 10.6 Å². The smallest absolute Gasteiger partial charge is 0.294 e. The molecule has 0 spiro atoms. The van der Waals surface area contributed by atoms with E-state index in [1.165, 1.54) is 0 Å². The van der Waals surface area contributed by atoms with Crippen LogP contribution in [0.3, 0.4) is 0 Å². The van der Waals surface area contributed by atoms with Gasteiger partial charge >= 0.3 is 0 Å². The minimum atomic E-state index is -0.927. The van der Waals surface area contributed by atoms with Crippen molar-refractivity contribution in [3.63, 3.8) is 0 Å². The van der Waals surface area contributed by atoms with Gasteiger partial charge in [0.1, 0.15) is 12.6 Å². The Labute approximate surface area is 102 Å². The Morgan fingerprint density at radius 3 is 2.82 bits per heavy atom. The summed E-state index contributed by atoms with van der Waals surface area (Å²) >= 11 is 1.05. The topological polar surface area (TPSA) is 111 Å². The second kappa shape index (κ2) is 5.21. The van der Waals surface area contributed by atoms with Gasteiger partial charge in [0.05, 0.1) is 0 Å². The lowest BCUT2D eigenvalue weighted by Crippen LogP contribution is -2.50. The van der Waals surface area contributed by atoms with Gasteiger partial charge in [0.15, 0.2) is 0 Å². The summed E-state index contributed by atoms with van der Waals surface area (Å²) < 4.78 is -0.537. The van der Waals surface area contributed by atoms with E-state index in [-0.39, 0.29) is 24.3 Å². The third-order valence-corrected chi connectivity index (χ3v) is 3.24. The molecule has 2 N–H and O–H groups in total. The Balaban J connectivity index is 2.38. The molecule has 1 saturated heterocycles. The highest BCUT2D eigenvalue weighted by molar-refractivity contribution is 8.15. The van der Waals surface area contributed by atoms with Crippen LogP contribution in [0.4, 0.5) is 4.79 Å². The van der Waals surface area contributed by atoms with Gasteiger partial charge in [0.2, 0.25) is 5.91 Å². The summed E-state index contributed by atoms with van der Waals surface area (Å²) in [6.07, 6.45) is 0. The van der Waals surface area contributed by atoms with Gasteiger partial charge in [-0.2, -0.15) is 0 Å². The third kappa shape index (κ3) is 3.77. The predicted octanol–water partition coefficient (Wildman–Crippen LogP) is -0.0855. The molecule has 0 aromatic carbocycles. The van der Waals surface area contributed by atoms with Crippen molar-refractivity contribution in [3.05, 3.63) is 10.1 Å². The molecule has 1 atom stereocenters. The summed E-state index contributed by atoms with van der Waals surface area (Å²) in [6.45, 7) is 3.35. The fraction of sp³-hybridized carbons (Fsp3) is 0.750. The molecule has 1 rings (SSSR count). The summed E-state index contributed by atoms with van der Waals surface area (Å²) in [7, 11) is 0. The van der Waals surface area contributed by atoms with Gasteiger partial charge in [0.25, 0.3) is 10.3 Å². The van der Waals surface area contributed by atoms with E-state index in [4.69, 9.17) is 0 Å². The van der Waals surface area contributed by atoms with E-state index in [9.17, 15) is 19.7 Å². The lowest BCUT2D eigenvalue weighted by atomic mass is 10.0. The minimum Gasteiger partial charge on any atom is -0.352 e. The molecule has 17 heavy (non-hydrogen) atoms. The first kappa shape index (κ1) is 13.6. The Hall–Kier alpha value is -1.51. The molecule has 0 aromatic heterocycles. The predicted molar refractivity (Wildman–Crippen MR) is 59.9 cm³/mol. The second-order valence-electron chi connectivity index (χ2n) is 3.92. The van der Waals surface area contributed by atoms with E-state index in [0.29, 0.717) is 0 Å². The van der Waals surface area contributed by atoms with E-state index in [1.54, 1.807) is 13.8 Å². The van der Waals surface area contributed by atoms with E-state index in [1.807, 2.05) is 0 Å². The van der Waals surface area contributed by atoms with Crippen LogP contribution in [0.15, 0.2) is 0 Å². The number of nitrogens with one attached hydrogen (secondary N) is 2. The molecular formula is C8H13N3O5S. The number of carbonyl (C=O) groups excluding carboxylic acids is 2. The van der Waals surface area contributed by atoms with Crippen molar-refractivity contribution in [3.8, 4) is 0 Å². The van der Waals surface area contributed by atoms with Crippen LogP contribution in [0.25, 0.3) is 0 Å². The lowest BCUT2D eigenvalue weighted by molar-refractivity contribution is -0.757. The van der Waals surface area contributed by atoms with Crippen LogP contribution < -0.4 is 10.6 Å². The maximum absolute atomic E-state index is 11.7. The Kier molecular flexibility index (Phi) is 4.16. The van der Waals surface area contributed by atoms with Crippen molar-refractivity contribution < 1.29 is 19.5 Å². The molecule has 1 aliphatic rings. The van der Waals surface area contributed by atoms with E-state index in [2.05, 4.69) is 15.5 Å². The molecule has 2 amide bonds. The Morgan fingerprint density at radius 1 is 1.71 bits per heavy atom. The van der Waals surface area contributed by atoms with Gasteiger partial charge in [0, 0.05) is 11.3 Å². The summed E-state index contributed by atoms with van der Waals surface area (Å²) in [5, 5.41) is 13.7. The lowest BCUT2D eigenvalue weighted by Gasteiger charge is -2.22. The van der Waals surface area contributed by atoms with Crippen LogP contribution in [0.1, 0.15) is 13.8 Å². The first-order valence-electron chi connectivity index (χ1n) is 4.87. The van der Waals surface area contributed by atoms with Crippen molar-refractivity contribution >= 4 is 22.9 Å². The monoisotopic (exact) mass is 263 g/mol.